The summed E-state index contributed by atoms with van der Waals surface area (Å²) in [5.41, 5.74) is 8.36. The van der Waals surface area contributed by atoms with Crippen molar-refractivity contribution in [3.05, 3.63) is 89.3 Å². The molecule has 0 spiro atoms. The van der Waals surface area contributed by atoms with E-state index in [9.17, 15) is 9.90 Å². The fourth-order valence-corrected chi connectivity index (χ4v) is 4.82. The number of hydrogen-bond donors (Lipinski definition) is 1. The van der Waals surface area contributed by atoms with Crippen LogP contribution >= 0.6 is 0 Å². The number of hydrogen-bond acceptors (Lipinski definition) is 5. The van der Waals surface area contributed by atoms with Gasteiger partial charge in [0, 0.05) is 35.3 Å². The van der Waals surface area contributed by atoms with Gasteiger partial charge in [0.15, 0.2) is 0 Å². The van der Waals surface area contributed by atoms with Crippen LogP contribution in [0.15, 0.2) is 65.6 Å². The molecule has 0 radical (unpaired) electrons. The molecular weight excluding hydrogens is 440 g/mol. The van der Waals surface area contributed by atoms with Crippen LogP contribution in [0.25, 0.3) is 33.3 Å². The van der Waals surface area contributed by atoms with Crippen LogP contribution in [0.2, 0.25) is 0 Å². The van der Waals surface area contributed by atoms with E-state index in [1.807, 2.05) is 63.5 Å². The van der Waals surface area contributed by atoms with E-state index in [0.29, 0.717) is 11.1 Å². The minimum atomic E-state index is -0.931. The molecule has 0 aliphatic carbocycles. The first-order valence-corrected chi connectivity index (χ1v) is 11.6. The topological polar surface area (TPSA) is 94.0 Å². The van der Waals surface area contributed by atoms with Gasteiger partial charge in [-0.1, -0.05) is 30.3 Å². The Kier molecular flexibility index (Phi) is 5.68. The molecule has 0 aliphatic heterocycles. The molecule has 1 atom stereocenters. The fourth-order valence-electron chi connectivity index (χ4n) is 4.82. The molecule has 0 saturated carbocycles. The second-order valence-electron chi connectivity index (χ2n) is 8.75. The first-order chi connectivity index (χ1) is 16.9. The molecule has 1 aromatic carbocycles. The highest BCUT2D eigenvalue weighted by atomic mass is 16.5. The van der Waals surface area contributed by atoms with Crippen molar-refractivity contribution in [2.45, 2.75) is 40.2 Å². The van der Waals surface area contributed by atoms with Crippen molar-refractivity contribution < 1.29 is 14.4 Å². The average molecular weight is 467 g/mol. The third-order valence-electron chi connectivity index (χ3n) is 6.51. The van der Waals surface area contributed by atoms with E-state index in [0.717, 1.165) is 56.9 Å². The predicted octanol–water partition coefficient (Wildman–Crippen LogP) is 6.38. The van der Waals surface area contributed by atoms with Crippen LogP contribution in [0.4, 0.5) is 0 Å². The Balaban J connectivity index is 1.76. The highest BCUT2D eigenvalue weighted by Crippen LogP contribution is 2.37. The number of fused-ring (bicyclic) bond motifs is 1. The van der Waals surface area contributed by atoms with Crippen LogP contribution in [0, 0.1) is 20.8 Å². The van der Waals surface area contributed by atoms with Crippen LogP contribution in [-0.4, -0.2) is 30.8 Å². The molecule has 35 heavy (non-hydrogen) atoms. The number of nitrogens with zero attached hydrogens (tertiary/aromatic N) is 4. The summed E-state index contributed by atoms with van der Waals surface area (Å²) in [6.07, 6.45) is 6.61. The van der Waals surface area contributed by atoms with E-state index in [2.05, 4.69) is 33.9 Å². The summed E-state index contributed by atoms with van der Waals surface area (Å²) in [6.45, 7) is 7.79. The van der Waals surface area contributed by atoms with E-state index >= 15 is 0 Å². The maximum atomic E-state index is 11.5. The second-order valence-corrected chi connectivity index (χ2v) is 8.75. The molecule has 0 fully saturated rings. The van der Waals surface area contributed by atoms with Gasteiger partial charge < -0.3 is 14.2 Å². The lowest BCUT2D eigenvalue weighted by molar-refractivity contribution is 0.0696. The zero-order valence-electron chi connectivity index (χ0n) is 20.1. The molecule has 5 aromatic rings. The summed E-state index contributed by atoms with van der Waals surface area (Å²) < 4.78 is 7.63. The molecule has 0 bridgehead atoms. The van der Waals surface area contributed by atoms with Gasteiger partial charge >= 0.3 is 5.97 Å². The summed E-state index contributed by atoms with van der Waals surface area (Å²) in [4.78, 5) is 21.1. The molecule has 1 N–H and O–H groups in total. The number of carbonyl (C=O) groups is 1. The molecule has 7 heteroatoms. The minimum absolute atomic E-state index is 0.00792. The number of aromatic nitrogens is 4. The highest BCUT2D eigenvalue weighted by Gasteiger charge is 2.22. The Morgan fingerprint density at radius 3 is 2.54 bits per heavy atom. The standard InChI is InChI=1S/C28H26N4O3/c1-5-24(23-8-6-7-11-29-23)32-15-22(19-9-10-21(28(33)34)16(2)12-19)27-25(32)13-20(14-30-27)26-17(3)31-35-18(26)4/h6-15,24H,5H2,1-4H3,(H,33,34)/t24-/m0/s1. The van der Waals surface area contributed by atoms with Crippen molar-refractivity contribution in [1.29, 1.82) is 0 Å². The van der Waals surface area contributed by atoms with Crippen molar-refractivity contribution in [3.63, 3.8) is 0 Å². The van der Waals surface area contributed by atoms with E-state index in [-0.39, 0.29) is 6.04 Å². The van der Waals surface area contributed by atoms with E-state index in [1.165, 1.54) is 0 Å². The van der Waals surface area contributed by atoms with Gasteiger partial charge in [0.2, 0.25) is 0 Å². The lowest BCUT2D eigenvalue weighted by Gasteiger charge is -2.18. The molecule has 0 saturated heterocycles. The lowest BCUT2D eigenvalue weighted by Crippen LogP contribution is -2.10. The number of rotatable bonds is 6. The first-order valence-electron chi connectivity index (χ1n) is 11.6. The van der Waals surface area contributed by atoms with Crippen molar-refractivity contribution in [2.75, 3.05) is 0 Å². The number of pyridine rings is 2. The quantitative estimate of drug-likeness (QED) is 0.312. The maximum absolute atomic E-state index is 11.5. The van der Waals surface area contributed by atoms with Crippen LogP contribution in [0.3, 0.4) is 0 Å². The summed E-state index contributed by atoms with van der Waals surface area (Å²) in [5, 5.41) is 13.6. The molecule has 0 amide bonds. The van der Waals surface area contributed by atoms with Crippen LogP contribution < -0.4 is 0 Å². The maximum Gasteiger partial charge on any atom is 0.335 e. The normalized spacial score (nSPS) is 12.2. The van der Waals surface area contributed by atoms with E-state index < -0.39 is 5.97 Å². The summed E-state index contributed by atoms with van der Waals surface area (Å²) in [6, 6.07) is 13.5. The minimum Gasteiger partial charge on any atom is -0.478 e. The molecular formula is C28H26N4O3. The molecule has 7 nitrogen and oxygen atoms in total. The van der Waals surface area contributed by atoms with Crippen molar-refractivity contribution >= 4 is 17.0 Å². The van der Waals surface area contributed by atoms with Gasteiger partial charge in [0.25, 0.3) is 0 Å². The van der Waals surface area contributed by atoms with Crippen LogP contribution in [0.1, 0.15) is 52.5 Å². The van der Waals surface area contributed by atoms with Gasteiger partial charge in [-0.05, 0) is 62.6 Å². The number of aromatic carboxylic acids is 1. The van der Waals surface area contributed by atoms with Crippen molar-refractivity contribution in [1.82, 2.24) is 19.7 Å². The molecule has 4 aromatic heterocycles. The average Bonchev–Trinajstić information content (AvgIpc) is 3.39. The second kappa shape index (κ2) is 8.83. The van der Waals surface area contributed by atoms with Gasteiger partial charge in [0.05, 0.1) is 34.0 Å². The van der Waals surface area contributed by atoms with Gasteiger partial charge in [-0.2, -0.15) is 0 Å². The molecule has 4 heterocycles. The third kappa shape index (κ3) is 3.89. The van der Waals surface area contributed by atoms with E-state index in [1.54, 1.807) is 6.07 Å². The Morgan fingerprint density at radius 1 is 1.09 bits per heavy atom. The monoisotopic (exact) mass is 466 g/mol. The SMILES string of the molecule is CC[C@@H](c1ccccn1)n1cc(-c2ccc(C(=O)O)c(C)c2)c2ncc(-c3c(C)noc3C)cc21. The first kappa shape index (κ1) is 22.5. The number of benzene rings is 1. The summed E-state index contributed by atoms with van der Waals surface area (Å²) in [7, 11) is 0. The lowest BCUT2D eigenvalue weighted by atomic mass is 10.0. The number of carboxylic acid groups (broad SMARTS) is 1. The van der Waals surface area contributed by atoms with Crippen LogP contribution in [-0.2, 0) is 0 Å². The molecule has 0 unspecified atom stereocenters. The van der Waals surface area contributed by atoms with Crippen LogP contribution in [0.5, 0.6) is 0 Å². The van der Waals surface area contributed by atoms with Gasteiger partial charge in [-0.25, -0.2) is 4.79 Å². The number of carboxylic acids is 1. The summed E-state index contributed by atoms with van der Waals surface area (Å²) in [5.74, 6) is -0.182. The molecule has 176 valence electrons. The highest BCUT2D eigenvalue weighted by molar-refractivity contribution is 5.96. The van der Waals surface area contributed by atoms with Gasteiger partial charge in [0.1, 0.15) is 5.76 Å². The smallest absolute Gasteiger partial charge is 0.335 e. The Morgan fingerprint density at radius 2 is 1.91 bits per heavy atom. The van der Waals surface area contributed by atoms with Gasteiger partial charge in [-0.3, -0.25) is 9.97 Å². The Hall–Kier alpha value is -4.26. The predicted molar refractivity (Wildman–Crippen MR) is 135 cm³/mol. The molecule has 5 rings (SSSR count). The van der Waals surface area contributed by atoms with Crippen molar-refractivity contribution in [2.24, 2.45) is 0 Å². The zero-order valence-corrected chi connectivity index (χ0v) is 20.1. The Labute approximate surface area is 203 Å². The molecule has 0 aliphatic rings. The summed E-state index contributed by atoms with van der Waals surface area (Å²) >= 11 is 0. The Bertz CT molecular complexity index is 1530. The third-order valence-corrected chi connectivity index (χ3v) is 6.51. The van der Waals surface area contributed by atoms with Gasteiger partial charge in [-0.15, -0.1) is 0 Å². The fraction of sp³-hybridized carbons (Fsp3) is 0.214. The number of aryl methyl sites for hydroxylation is 3. The largest absolute Gasteiger partial charge is 0.478 e. The van der Waals surface area contributed by atoms with E-state index in [4.69, 9.17) is 9.51 Å². The van der Waals surface area contributed by atoms with Crippen molar-refractivity contribution in [3.8, 4) is 22.3 Å². The zero-order chi connectivity index (χ0) is 24.7.